The fourth-order valence-electron chi connectivity index (χ4n) is 1.49. The SMILES string of the molecule is CCc1ncc(S(=O)(=O)NCCCCOC(C)C)[nH]1. The topological polar surface area (TPSA) is 84.1 Å². The molecule has 1 aromatic rings. The smallest absolute Gasteiger partial charge is 0.257 e. The molecule has 0 amide bonds. The van der Waals surface area contributed by atoms with Crippen LogP contribution in [0.15, 0.2) is 11.2 Å². The first kappa shape index (κ1) is 16.1. The first-order chi connectivity index (χ1) is 8.95. The van der Waals surface area contributed by atoms with Gasteiger partial charge in [0, 0.05) is 19.6 Å². The molecule has 0 saturated heterocycles. The lowest BCUT2D eigenvalue weighted by Crippen LogP contribution is -2.25. The molecule has 7 heteroatoms. The van der Waals surface area contributed by atoms with Gasteiger partial charge in [-0.1, -0.05) is 6.92 Å². The molecule has 0 aliphatic rings. The Kier molecular flexibility index (Phi) is 6.47. The number of aryl methyl sites for hydroxylation is 1. The second-order valence-electron chi connectivity index (χ2n) is 4.57. The van der Waals surface area contributed by atoms with Gasteiger partial charge in [-0.2, -0.15) is 0 Å². The van der Waals surface area contributed by atoms with Crippen molar-refractivity contribution >= 4 is 10.0 Å². The number of sulfonamides is 1. The summed E-state index contributed by atoms with van der Waals surface area (Å²) < 4.78 is 31.7. The number of nitrogens with zero attached hydrogens (tertiary/aromatic N) is 1. The highest BCUT2D eigenvalue weighted by atomic mass is 32.2. The van der Waals surface area contributed by atoms with Gasteiger partial charge in [-0.05, 0) is 26.7 Å². The zero-order valence-electron chi connectivity index (χ0n) is 11.8. The number of H-pyrrole nitrogens is 1. The minimum atomic E-state index is -3.46. The van der Waals surface area contributed by atoms with Crippen LogP contribution in [0, 0.1) is 0 Å². The van der Waals surface area contributed by atoms with Gasteiger partial charge in [-0.3, -0.25) is 0 Å². The second-order valence-corrected chi connectivity index (χ2v) is 6.31. The molecule has 0 aromatic carbocycles. The van der Waals surface area contributed by atoms with E-state index < -0.39 is 10.0 Å². The number of rotatable bonds is 9. The summed E-state index contributed by atoms with van der Waals surface area (Å²) in [5, 5.41) is 0.128. The molecule has 6 nitrogen and oxygen atoms in total. The van der Waals surface area contributed by atoms with Gasteiger partial charge in [0.1, 0.15) is 5.82 Å². The molecule has 0 unspecified atom stereocenters. The minimum Gasteiger partial charge on any atom is -0.379 e. The molecule has 0 spiro atoms. The van der Waals surface area contributed by atoms with Crippen LogP contribution in [0.5, 0.6) is 0 Å². The van der Waals surface area contributed by atoms with Crippen LogP contribution in [0.1, 0.15) is 39.4 Å². The molecule has 19 heavy (non-hydrogen) atoms. The molecule has 0 radical (unpaired) electrons. The number of unbranched alkanes of at least 4 members (excludes halogenated alkanes) is 1. The zero-order chi connectivity index (χ0) is 14.3. The molecule has 2 N–H and O–H groups in total. The van der Waals surface area contributed by atoms with Gasteiger partial charge < -0.3 is 9.72 Å². The first-order valence-electron chi connectivity index (χ1n) is 6.61. The fraction of sp³-hybridized carbons (Fsp3) is 0.750. The molecule has 0 atom stereocenters. The van der Waals surface area contributed by atoms with Crippen LogP contribution in [-0.4, -0.2) is 37.6 Å². The highest BCUT2D eigenvalue weighted by Gasteiger charge is 2.15. The summed E-state index contributed by atoms with van der Waals surface area (Å²) in [6, 6.07) is 0. The Bertz CT molecular complexity index is 468. The standard InChI is InChI=1S/C12H23N3O3S/c1-4-11-13-9-12(15-11)19(16,17)14-7-5-6-8-18-10(2)3/h9-10,14H,4-8H2,1-3H3,(H,13,15). The van der Waals surface area contributed by atoms with Crippen molar-refractivity contribution in [2.75, 3.05) is 13.2 Å². The molecule has 0 aliphatic carbocycles. The number of hydrogen-bond acceptors (Lipinski definition) is 4. The van der Waals surface area contributed by atoms with Crippen molar-refractivity contribution in [2.24, 2.45) is 0 Å². The molecule has 0 aliphatic heterocycles. The van der Waals surface area contributed by atoms with Crippen molar-refractivity contribution < 1.29 is 13.2 Å². The van der Waals surface area contributed by atoms with Crippen LogP contribution < -0.4 is 4.72 Å². The number of aromatic amines is 1. The van der Waals surface area contributed by atoms with Crippen molar-refractivity contribution in [3.05, 3.63) is 12.0 Å². The van der Waals surface area contributed by atoms with Crippen LogP contribution >= 0.6 is 0 Å². The van der Waals surface area contributed by atoms with Crippen LogP contribution in [0.4, 0.5) is 0 Å². The molecule has 110 valence electrons. The van der Waals surface area contributed by atoms with Gasteiger partial charge in [-0.15, -0.1) is 0 Å². The van der Waals surface area contributed by atoms with E-state index >= 15 is 0 Å². The van der Waals surface area contributed by atoms with Crippen molar-refractivity contribution in [1.82, 2.24) is 14.7 Å². The van der Waals surface area contributed by atoms with Gasteiger partial charge in [-0.25, -0.2) is 18.1 Å². The van der Waals surface area contributed by atoms with Gasteiger partial charge in [0.25, 0.3) is 10.0 Å². The first-order valence-corrected chi connectivity index (χ1v) is 8.09. The fourth-order valence-corrected chi connectivity index (χ4v) is 2.50. The third-order valence-electron chi connectivity index (χ3n) is 2.54. The summed E-state index contributed by atoms with van der Waals surface area (Å²) in [6.45, 7) is 6.93. The predicted octanol–water partition coefficient (Wildman–Crippen LogP) is 1.46. The summed E-state index contributed by atoms with van der Waals surface area (Å²) in [5.41, 5.74) is 0. The average molecular weight is 289 g/mol. The van der Waals surface area contributed by atoms with Crippen LogP contribution in [-0.2, 0) is 21.2 Å². The Morgan fingerprint density at radius 3 is 2.74 bits per heavy atom. The molecule has 0 fully saturated rings. The van der Waals surface area contributed by atoms with Crippen molar-refractivity contribution in [1.29, 1.82) is 0 Å². The Balaban J connectivity index is 2.31. The number of aromatic nitrogens is 2. The third kappa shape index (κ3) is 5.71. The summed E-state index contributed by atoms with van der Waals surface area (Å²) in [4.78, 5) is 6.77. The van der Waals surface area contributed by atoms with Crippen molar-refractivity contribution in [2.45, 2.75) is 51.2 Å². The Hall–Kier alpha value is -0.920. The summed E-state index contributed by atoms with van der Waals surface area (Å²) in [6.07, 6.45) is 3.84. The summed E-state index contributed by atoms with van der Waals surface area (Å²) >= 11 is 0. The quantitative estimate of drug-likeness (QED) is 0.674. The van der Waals surface area contributed by atoms with Crippen LogP contribution in [0.25, 0.3) is 0 Å². The van der Waals surface area contributed by atoms with E-state index in [1.54, 1.807) is 0 Å². The van der Waals surface area contributed by atoms with E-state index in [2.05, 4.69) is 14.7 Å². The van der Waals surface area contributed by atoms with E-state index in [4.69, 9.17) is 4.74 Å². The Labute approximate surface area is 115 Å². The molecule has 0 saturated carbocycles. The van der Waals surface area contributed by atoms with E-state index in [0.29, 0.717) is 25.4 Å². The van der Waals surface area contributed by atoms with E-state index in [0.717, 1.165) is 12.8 Å². The van der Waals surface area contributed by atoms with Crippen LogP contribution in [0.2, 0.25) is 0 Å². The van der Waals surface area contributed by atoms with E-state index in [1.165, 1.54) is 6.20 Å². The second kappa shape index (κ2) is 7.62. The normalized spacial score (nSPS) is 12.2. The number of ether oxygens (including phenoxy) is 1. The van der Waals surface area contributed by atoms with Crippen molar-refractivity contribution in [3.63, 3.8) is 0 Å². The van der Waals surface area contributed by atoms with Gasteiger partial charge in [0.15, 0.2) is 5.03 Å². The Morgan fingerprint density at radius 2 is 2.16 bits per heavy atom. The number of hydrogen-bond donors (Lipinski definition) is 2. The lowest BCUT2D eigenvalue weighted by molar-refractivity contribution is 0.0762. The molecule has 1 heterocycles. The lowest BCUT2D eigenvalue weighted by atomic mass is 10.3. The van der Waals surface area contributed by atoms with E-state index in [9.17, 15) is 8.42 Å². The van der Waals surface area contributed by atoms with Gasteiger partial charge >= 0.3 is 0 Å². The molecular weight excluding hydrogens is 266 g/mol. The summed E-state index contributed by atoms with van der Waals surface area (Å²) in [7, 11) is -3.46. The number of imidazole rings is 1. The highest BCUT2D eigenvalue weighted by molar-refractivity contribution is 7.89. The summed E-state index contributed by atoms with van der Waals surface area (Å²) in [5.74, 6) is 0.672. The van der Waals surface area contributed by atoms with Crippen LogP contribution in [0.3, 0.4) is 0 Å². The monoisotopic (exact) mass is 289 g/mol. The Morgan fingerprint density at radius 1 is 1.42 bits per heavy atom. The van der Waals surface area contributed by atoms with Crippen molar-refractivity contribution in [3.8, 4) is 0 Å². The molecule has 0 bridgehead atoms. The highest BCUT2D eigenvalue weighted by Crippen LogP contribution is 2.06. The number of nitrogens with one attached hydrogen (secondary N) is 2. The zero-order valence-corrected chi connectivity index (χ0v) is 12.6. The lowest BCUT2D eigenvalue weighted by Gasteiger charge is -2.07. The van der Waals surface area contributed by atoms with E-state index in [1.807, 2.05) is 20.8 Å². The predicted molar refractivity (Wildman–Crippen MR) is 73.5 cm³/mol. The maximum absolute atomic E-state index is 11.9. The average Bonchev–Trinajstić information content (AvgIpc) is 2.82. The minimum absolute atomic E-state index is 0.128. The van der Waals surface area contributed by atoms with E-state index in [-0.39, 0.29) is 11.1 Å². The maximum Gasteiger partial charge on any atom is 0.257 e. The third-order valence-corrected chi connectivity index (χ3v) is 3.91. The maximum atomic E-state index is 11.9. The molecule has 1 rings (SSSR count). The largest absolute Gasteiger partial charge is 0.379 e. The van der Waals surface area contributed by atoms with Gasteiger partial charge in [0.05, 0.1) is 12.3 Å². The molecule has 1 aromatic heterocycles. The molecular formula is C12H23N3O3S. The van der Waals surface area contributed by atoms with Gasteiger partial charge in [0.2, 0.25) is 0 Å².